The molecule has 0 spiro atoms. The summed E-state index contributed by atoms with van der Waals surface area (Å²) in [5, 5.41) is 0.676. The summed E-state index contributed by atoms with van der Waals surface area (Å²) in [5.74, 6) is 0. The minimum absolute atomic E-state index is 0.0680. The van der Waals surface area contributed by atoms with Gasteiger partial charge in [0.05, 0.1) is 11.1 Å². The van der Waals surface area contributed by atoms with Crippen molar-refractivity contribution in [1.29, 1.82) is 0 Å². The SMILES string of the molecule is CC(C)(C)OC(=O)N1CCC[C@H]1c1ccc(Cl)c(Br)c1. The average Bonchev–Trinajstić information content (AvgIpc) is 2.79. The lowest BCUT2D eigenvalue weighted by Crippen LogP contribution is -2.36. The van der Waals surface area contributed by atoms with Crippen molar-refractivity contribution >= 4 is 33.6 Å². The lowest BCUT2D eigenvalue weighted by molar-refractivity contribution is 0.0224. The summed E-state index contributed by atoms with van der Waals surface area (Å²) in [6, 6.07) is 5.88. The van der Waals surface area contributed by atoms with Crippen LogP contribution in [0.25, 0.3) is 0 Å². The number of carbonyl (C=O) groups excluding carboxylic acids is 1. The molecule has 0 radical (unpaired) electrons. The molecule has 1 atom stereocenters. The van der Waals surface area contributed by atoms with Crippen molar-refractivity contribution in [2.75, 3.05) is 6.54 Å². The van der Waals surface area contributed by atoms with Gasteiger partial charge in [0, 0.05) is 11.0 Å². The Bertz CT molecular complexity index is 513. The first-order valence-corrected chi connectivity index (χ1v) is 7.89. The Labute approximate surface area is 133 Å². The molecule has 0 aliphatic carbocycles. The van der Waals surface area contributed by atoms with Crippen LogP contribution in [-0.2, 0) is 4.74 Å². The van der Waals surface area contributed by atoms with Crippen molar-refractivity contribution in [3.8, 4) is 0 Å². The maximum atomic E-state index is 12.3. The first kappa shape index (κ1) is 15.6. The molecule has 0 saturated carbocycles. The third kappa shape index (κ3) is 3.67. The molecule has 1 aromatic rings. The summed E-state index contributed by atoms with van der Waals surface area (Å²) in [6.45, 7) is 6.39. The van der Waals surface area contributed by atoms with Crippen LogP contribution in [0.1, 0.15) is 45.2 Å². The zero-order valence-electron chi connectivity index (χ0n) is 12.0. The van der Waals surface area contributed by atoms with Crippen molar-refractivity contribution in [2.45, 2.75) is 45.3 Å². The van der Waals surface area contributed by atoms with E-state index in [9.17, 15) is 4.79 Å². The van der Waals surface area contributed by atoms with Gasteiger partial charge in [-0.05, 0) is 67.2 Å². The fraction of sp³-hybridized carbons (Fsp3) is 0.533. The third-order valence-electron chi connectivity index (χ3n) is 3.21. The molecule has 0 unspecified atom stereocenters. The fourth-order valence-corrected chi connectivity index (χ4v) is 2.89. The Morgan fingerprint density at radius 3 is 2.75 bits per heavy atom. The van der Waals surface area contributed by atoms with Crippen LogP contribution < -0.4 is 0 Å². The highest BCUT2D eigenvalue weighted by molar-refractivity contribution is 9.10. The van der Waals surface area contributed by atoms with Gasteiger partial charge < -0.3 is 9.64 Å². The Kier molecular flexibility index (Phi) is 4.65. The highest BCUT2D eigenvalue weighted by Crippen LogP contribution is 2.35. The minimum atomic E-state index is -0.467. The topological polar surface area (TPSA) is 29.5 Å². The van der Waals surface area contributed by atoms with Gasteiger partial charge in [0.15, 0.2) is 0 Å². The molecule has 3 nitrogen and oxygen atoms in total. The fourth-order valence-electron chi connectivity index (χ4n) is 2.37. The molecule has 1 heterocycles. The van der Waals surface area contributed by atoms with E-state index >= 15 is 0 Å². The van der Waals surface area contributed by atoms with E-state index < -0.39 is 5.60 Å². The summed E-state index contributed by atoms with van der Waals surface area (Å²) < 4.78 is 6.33. The molecule has 1 fully saturated rings. The number of likely N-dealkylation sites (tertiary alicyclic amines) is 1. The van der Waals surface area contributed by atoms with E-state index in [0.717, 1.165) is 29.4 Å². The number of hydrogen-bond donors (Lipinski definition) is 0. The maximum absolute atomic E-state index is 12.3. The van der Waals surface area contributed by atoms with E-state index in [-0.39, 0.29) is 12.1 Å². The summed E-state index contributed by atoms with van der Waals surface area (Å²) in [6.07, 6.45) is 1.70. The van der Waals surface area contributed by atoms with Gasteiger partial charge in [0.2, 0.25) is 0 Å². The largest absolute Gasteiger partial charge is 0.444 e. The number of nitrogens with zero attached hydrogens (tertiary/aromatic N) is 1. The second kappa shape index (κ2) is 5.94. The van der Waals surface area contributed by atoms with E-state index in [1.54, 1.807) is 4.90 Å². The van der Waals surface area contributed by atoms with Gasteiger partial charge in [-0.2, -0.15) is 0 Å². The molecule has 20 heavy (non-hydrogen) atoms. The Morgan fingerprint density at radius 2 is 2.15 bits per heavy atom. The van der Waals surface area contributed by atoms with Crippen LogP contribution in [0.15, 0.2) is 22.7 Å². The van der Waals surface area contributed by atoms with Gasteiger partial charge in [-0.15, -0.1) is 0 Å². The average molecular weight is 361 g/mol. The van der Waals surface area contributed by atoms with E-state index in [2.05, 4.69) is 15.9 Å². The number of rotatable bonds is 1. The van der Waals surface area contributed by atoms with Crippen LogP contribution in [0.2, 0.25) is 5.02 Å². The van der Waals surface area contributed by atoms with Gasteiger partial charge in [0.1, 0.15) is 5.60 Å². The van der Waals surface area contributed by atoms with Crippen molar-refractivity contribution in [2.24, 2.45) is 0 Å². The summed E-state index contributed by atoms with van der Waals surface area (Å²) in [5.41, 5.74) is 0.620. The molecule has 0 aromatic heterocycles. The van der Waals surface area contributed by atoms with Crippen LogP contribution in [-0.4, -0.2) is 23.1 Å². The minimum Gasteiger partial charge on any atom is -0.444 e. The number of halogens is 2. The van der Waals surface area contributed by atoms with Crippen LogP contribution in [0, 0.1) is 0 Å². The number of carbonyl (C=O) groups is 1. The van der Waals surface area contributed by atoms with Crippen LogP contribution in [0.4, 0.5) is 4.79 Å². The van der Waals surface area contributed by atoms with Gasteiger partial charge in [0.25, 0.3) is 0 Å². The van der Waals surface area contributed by atoms with E-state index in [4.69, 9.17) is 16.3 Å². The Morgan fingerprint density at radius 1 is 1.45 bits per heavy atom. The Hall–Kier alpha value is -0.740. The molecule has 1 aromatic carbocycles. The van der Waals surface area contributed by atoms with Crippen molar-refractivity contribution in [1.82, 2.24) is 4.90 Å². The molecule has 110 valence electrons. The zero-order valence-corrected chi connectivity index (χ0v) is 14.3. The van der Waals surface area contributed by atoms with Crippen molar-refractivity contribution in [3.05, 3.63) is 33.3 Å². The van der Waals surface area contributed by atoms with Gasteiger partial charge in [-0.1, -0.05) is 17.7 Å². The zero-order chi connectivity index (χ0) is 14.9. The summed E-state index contributed by atoms with van der Waals surface area (Å²) in [7, 11) is 0. The predicted octanol–water partition coefficient (Wildman–Crippen LogP) is 5.17. The molecule has 0 bridgehead atoms. The second-order valence-electron chi connectivity index (χ2n) is 6.01. The lowest BCUT2D eigenvalue weighted by atomic mass is 10.1. The third-order valence-corrected chi connectivity index (χ3v) is 4.42. The maximum Gasteiger partial charge on any atom is 0.410 e. The van der Waals surface area contributed by atoms with Gasteiger partial charge in [-0.25, -0.2) is 4.79 Å². The molecule has 1 aliphatic rings. The molecule has 5 heteroatoms. The van der Waals surface area contributed by atoms with Gasteiger partial charge in [-0.3, -0.25) is 0 Å². The summed E-state index contributed by atoms with van der Waals surface area (Å²) in [4.78, 5) is 14.1. The number of amides is 1. The van der Waals surface area contributed by atoms with Crippen LogP contribution >= 0.6 is 27.5 Å². The smallest absolute Gasteiger partial charge is 0.410 e. The first-order valence-electron chi connectivity index (χ1n) is 6.72. The molecule has 1 amide bonds. The Balaban J connectivity index is 2.18. The number of hydrogen-bond acceptors (Lipinski definition) is 2. The molecule has 2 rings (SSSR count). The predicted molar refractivity (Wildman–Crippen MR) is 84.1 cm³/mol. The van der Waals surface area contributed by atoms with E-state index in [0.29, 0.717) is 5.02 Å². The van der Waals surface area contributed by atoms with Crippen molar-refractivity contribution < 1.29 is 9.53 Å². The summed E-state index contributed by atoms with van der Waals surface area (Å²) >= 11 is 9.45. The van der Waals surface area contributed by atoms with E-state index in [1.165, 1.54) is 0 Å². The molecule has 1 aliphatic heterocycles. The normalized spacial score (nSPS) is 19.2. The number of ether oxygens (including phenoxy) is 1. The second-order valence-corrected chi connectivity index (χ2v) is 7.27. The quantitative estimate of drug-likeness (QED) is 0.691. The molecular weight excluding hydrogens is 342 g/mol. The molecule has 1 saturated heterocycles. The standard InChI is InChI=1S/C15H19BrClNO2/c1-15(2,3)20-14(19)18-8-4-5-13(18)10-6-7-12(17)11(16)9-10/h6-7,9,13H,4-5,8H2,1-3H3/t13-/m0/s1. The van der Waals surface area contributed by atoms with Crippen LogP contribution in [0.5, 0.6) is 0 Å². The number of benzene rings is 1. The van der Waals surface area contributed by atoms with Crippen LogP contribution in [0.3, 0.4) is 0 Å². The highest BCUT2D eigenvalue weighted by Gasteiger charge is 2.33. The first-order chi connectivity index (χ1) is 9.28. The van der Waals surface area contributed by atoms with Gasteiger partial charge >= 0.3 is 6.09 Å². The molecular formula is C15H19BrClNO2. The molecule has 0 N–H and O–H groups in total. The monoisotopic (exact) mass is 359 g/mol. The van der Waals surface area contributed by atoms with E-state index in [1.807, 2.05) is 39.0 Å². The highest BCUT2D eigenvalue weighted by atomic mass is 79.9. The van der Waals surface area contributed by atoms with Crippen molar-refractivity contribution in [3.63, 3.8) is 0 Å². The lowest BCUT2D eigenvalue weighted by Gasteiger charge is -2.29.